The van der Waals surface area contributed by atoms with Gasteiger partial charge in [0.05, 0.1) is 54.8 Å². The van der Waals surface area contributed by atoms with Crippen LogP contribution in [0.3, 0.4) is 0 Å². The number of aliphatic hydroxyl groups excluding tert-OH is 1. The fraction of sp³-hybridized carbons (Fsp3) is 0.744. The Hall–Kier alpha value is -3.06. The number of rotatable bonds is 20. The van der Waals surface area contributed by atoms with Crippen LogP contribution in [0.5, 0.6) is 0 Å². The lowest BCUT2D eigenvalue weighted by molar-refractivity contribution is -0.156. The molecule has 12 heteroatoms. The molecule has 51 heavy (non-hydrogen) atoms. The van der Waals surface area contributed by atoms with Crippen molar-refractivity contribution in [2.75, 3.05) is 41.9 Å². The molecule has 0 aliphatic carbocycles. The third-order valence-electron chi connectivity index (χ3n) is 10.7. The van der Waals surface area contributed by atoms with E-state index in [1.807, 2.05) is 90.9 Å². The quantitative estimate of drug-likeness (QED) is 0.186. The van der Waals surface area contributed by atoms with Gasteiger partial charge < -0.3 is 35.0 Å². The second kappa shape index (κ2) is 20.3. The maximum Gasteiger partial charge on any atom is 0.245 e. The molecule has 1 aliphatic rings. The third kappa shape index (κ3) is 11.2. The number of hydrogen-bond acceptors (Lipinski definition) is 8. The number of likely N-dealkylation sites (tertiary alicyclic amines) is 1. The lowest BCUT2D eigenvalue weighted by Crippen LogP contribution is -2.62. The summed E-state index contributed by atoms with van der Waals surface area (Å²) in [6.45, 7) is 15.9. The molecule has 12 nitrogen and oxygen atoms in total. The van der Waals surface area contributed by atoms with Crippen LogP contribution in [0.15, 0.2) is 30.3 Å². The fourth-order valence-corrected chi connectivity index (χ4v) is 7.40. The molecule has 1 fully saturated rings. The van der Waals surface area contributed by atoms with Crippen molar-refractivity contribution in [3.8, 4) is 0 Å². The molecule has 1 aliphatic heterocycles. The van der Waals surface area contributed by atoms with E-state index in [1.54, 1.807) is 44.9 Å². The molecule has 1 saturated heterocycles. The number of carbonyl (C=O) groups is 4. The first-order valence-corrected chi connectivity index (χ1v) is 18.5. The van der Waals surface area contributed by atoms with Gasteiger partial charge in [-0.3, -0.25) is 24.1 Å². The SMILES string of the molecule is CCC(C)C([C@@H](CC(=O)N1CC[C@H]1[C@H](OC)[C@@H](C)C(=O)N[C@H](C)[C@@H](O)c1ccccc1)OC)N(C)C(=O)[C@@H](NC(=O)C(C(C)C)N(C)C)C(C)C. The van der Waals surface area contributed by atoms with Gasteiger partial charge in [0, 0.05) is 27.8 Å². The highest BCUT2D eigenvalue weighted by Gasteiger charge is 2.45. The largest absolute Gasteiger partial charge is 0.386 e. The van der Waals surface area contributed by atoms with Gasteiger partial charge in [-0.2, -0.15) is 0 Å². The summed E-state index contributed by atoms with van der Waals surface area (Å²) in [4.78, 5) is 60.1. The normalized spacial score (nSPS) is 20.0. The van der Waals surface area contributed by atoms with Crippen LogP contribution in [0.4, 0.5) is 0 Å². The van der Waals surface area contributed by atoms with Gasteiger partial charge >= 0.3 is 0 Å². The standard InChI is InChI=1S/C39H67N5O7/c1-14-25(6)34(43(11)39(49)32(23(2)3)41-38(48)33(24(4)5)42(9)10)30(50-12)22-31(45)44-21-20-29(44)36(51-13)26(7)37(47)40-27(8)35(46)28-18-16-15-17-19-28/h15-19,23-27,29-30,32-36,46H,14,20-22H2,1-13H3,(H,40,47)(H,41,48)/t25?,26-,27-,29+,30-,32+,33?,34?,35-,36-/m1/s1. The molecule has 3 N–H and O–H groups in total. The Labute approximate surface area is 307 Å². The molecular weight excluding hydrogens is 650 g/mol. The number of amides is 4. The van der Waals surface area contributed by atoms with Crippen LogP contribution in [0.1, 0.15) is 86.3 Å². The van der Waals surface area contributed by atoms with Crippen LogP contribution in [0.2, 0.25) is 0 Å². The number of carbonyl (C=O) groups excluding carboxylic acids is 4. The zero-order valence-corrected chi connectivity index (χ0v) is 33.4. The highest BCUT2D eigenvalue weighted by Crippen LogP contribution is 2.30. The lowest BCUT2D eigenvalue weighted by Gasteiger charge is -2.47. The van der Waals surface area contributed by atoms with Crippen LogP contribution in [0, 0.1) is 23.7 Å². The van der Waals surface area contributed by atoms with Crippen molar-refractivity contribution < 1.29 is 33.8 Å². The summed E-state index contributed by atoms with van der Waals surface area (Å²) in [5.41, 5.74) is 0.710. The summed E-state index contributed by atoms with van der Waals surface area (Å²) < 4.78 is 11.8. The first kappa shape index (κ1) is 44.1. The number of nitrogens with zero attached hydrogens (tertiary/aromatic N) is 3. The van der Waals surface area contributed by atoms with Crippen molar-refractivity contribution in [3.63, 3.8) is 0 Å². The highest BCUT2D eigenvalue weighted by molar-refractivity contribution is 5.90. The molecule has 1 aromatic carbocycles. The molecule has 0 radical (unpaired) electrons. The van der Waals surface area contributed by atoms with Crippen LogP contribution in [-0.4, -0.2) is 128 Å². The Morgan fingerprint density at radius 3 is 1.96 bits per heavy atom. The average molecular weight is 718 g/mol. The van der Waals surface area contributed by atoms with E-state index in [0.29, 0.717) is 18.5 Å². The van der Waals surface area contributed by atoms with Gasteiger partial charge in [-0.25, -0.2) is 0 Å². The van der Waals surface area contributed by atoms with Crippen molar-refractivity contribution in [1.29, 1.82) is 0 Å². The van der Waals surface area contributed by atoms with Gasteiger partial charge in [-0.1, -0.05) is 85.2 Å². The summed E-state index contributed by atoms with van der Waals surface area (Å²) in [6, 6.07) is 6.73. The van der Waals surface area contributed by atoms with Gasteiger partial charge in [0.1, 0.15) is 6.04 Å². The van der Waals surface area contributed by atoms with Crippen molar-refractivity contribution in [1.82, 2.24) is 25.3 Å². The van der Waals surface area contributed by atoms with E-state index >= 15 is 0 Å². The monoisotopic (exact) mass is 718 g/mol. The second-order valence-corrected chi connectivity index (χ2v) is 15.3. The topological polar surface area (TPSA) is 141 Å². The van der Waals surface area contributed by atoms with Crippen molar-refractivity contribution in [3.05, 3.63) is 35.9 Å². The van der Waals surface area contributed by atoms with Crippen LogP contribution in [-0.2, 0) is 28.7 Å². The summed E-state index contributed by atoms with van der Waals surface area (Å²) in [5.74, 6) is -1.57. The number of likely N-dealkylation sites (N-methyl/N-ethyl adjacent to an activating group) is 2. The molecule has 2 rings (SSSR count). The molecular formula is C39H67N5O7. The number of nitrogens with one attached hydrogen (secondary N) is 2. The Bertz CT molecular complexity index is 1250. The van der Waals surface area contributed by atoms with E-state index in [2.05, 4.69) is 10.6 Å². The molecule has 4 amide bonds. The van der Waals surface area contributed by atoms with E-state index in [1.165, 1.54) is 0 Å². The lowest BCUT2D eigenvalue weighted by atomic mass is 9.86. The van der Waals surface area contributed by atoms with Crippen molar-refractivity contribution in [2.45, 2.75) is 123 Å². The minimum atomic E-state index is -0.873. The second-order valence-electron chi connectivity index (χ2n) is 15.3. The Kier molecular flexibility index (Phi) is 17.5. The Balaban J connectivity index is 2.20. The van der Waals surface area contributed by atoms with Gasteiger partial charge in [0.25, 0.3) is 0 Å². The highest BCUT2D eigenvalue weighted by atomic mass is 16.5. The van der Waals surface area contributed by atoms with Crippen LogP contribution >= 0.6 is 0 Å². The maximum atomic E-state index is 14.1. The molecule has 0 bridgehead atoms. The molecule has 0 saturated carbocycles. The molecule has 3 unspecified atom stereocenters. The minimum absolute atomic E-state index is 0.0127. The summed E-state index contributed by atoms with van der Waals surface area (Å²) in [7, 11) is 8.54. The molecule has 0 spiro atoms. The Morgan fingerprint density at radius 1 is 0.902 bits per heavy atom. The summed E-state index contributed by atoms with van der Waals surface area (Å²) in [6.07, 6.45) is -0.597. The zero-order valence-electron chi connectivity index (χ0n) is 33.4. The van der Waals surface area contributed by atoms with Crippen LogP contribution < -0.4 is 10.6 Å². The van der Waals surface area contributed by atoms with E-state index in [9.17, 15) is 24.3 Å². The first-order valence-electron chi connectivity index (χ1n) is 18.5. The number of benzene rings is 1. The van der Waals surface area contributed by atoms with Gasteiger partial charge in [0.15, 0.2) is 0 Å². The third-order valence-corrected chi connectivity index (χ3v) is 10.7. The average Bonchev–Trinajstić information content (AvgIpc) is 3.06. The first-order chi connectivity index (χ1) is 23.9. The maximum absolute atomic E-state index is 14.1. The number of methoxy groups -OCH3 is 2. The minimum Gasteiger partial charge on any atom is -0.386 e. The summed E-state index contributed by atoms with van der Waals surface area (Å²) >= 11 is 0. The number of hydrogen-bond donors (Lipinski definition) is 3. The van der Waals surface area contributed by atoms with E-state index in [-0.39, 0.29) is 53.8 Å². The van der Waals surface area contributed by atoms with Gasteiger partial charge in [0.2, 0.25) is 23.6 Å². The molecule has 10 atom stereocenters. The van der Waals surface area contributed by atoms with E-state index < -0.39 is 48.4 Å². The van der Waals surface area contributed by atoms with Crippen molar-refractivity contribution in [2.24, 2.45) is 23.7 Å². The van der Waals surface area contributed by atoms with Gasteiger partial charge in [-0.05, 0) is 50.8 Å². The number of ether oxygens (including phenoxy) is 2. The van der Waals surface area contributed by atoms with E-state index in [4.69, 9.17) is 9.47 Å². The molecule has 1 heterocycles. The zero-order chi connectivity index (χ0) is 38.7. The molecule has 290 valence electrons. The predicted molar refractivity (Wildman–Crippen MR) is 200 cm³/mol. The summed E-state index contributed by atoms with van der Waals surface area (Å²) in [5, 5.41) is 16.7. The van der Waals surface area contributed by atoms with E-state index in [0.717, 1.165) is 6.42 Å². The van der Waals surface area contributed by atoms with Gasteiger partial charge in [-0.15, -0.1) is 0 Å². The molecule has 0 aromatic heterocycles. The van der Waals surface area contributed by atoms with Crippen LogP contribution in [0.25, 0.3) is 0 Å². The predicted octanol–water partition coefficient (Wildman–Crippen LogP) is 3.48. The fourth-order valence-electron chi connectivity index (χ4n) is 7.40. The number of aliphatic hydroxyl groups is 1. The Morgan fingerprint density at radius 2 is 1.51 bits per heavy atom. The van der Waals surface area contributed by atoms with Crippen molar-refractivity contribution >= 4 is 23.6 Å². The molecule has 1 aromatic rings. The smallest absolute Gasteiger partial charge is 0.245 e.